The molecule has 0 saturated carbocycles. The van der Waals surface area contributed by atoms with Crippen LogP contribution in [0, 0.1) is 5.92 Å². The number of anilines is 1. The van der Waals surface area contributed by atoms with Crippen molar-refractivity contribution in [3.63, 3.8) is 0 Å². The number of carboxylic acids is 1. The van der Waals surface area contributed by atoms with Crippen LogP contribution in [0.2, 0.25) is 0 Å². The Hall–Kier alpha value is -4.04. The molecule has 0 spiro atoms. The van der Waals surface area contributed by atoms with E-state index in [1.54, 1.807) is 12.1 Å². The summed E-state index contributed by atoms with van der Waals surface area (Å²) in [6.45, 7) is 21.4. The Morgan fingerprint density at radius 3 is 1.94 bits per heavy atom. The van der Waals surface area contributed by atoms with Gasteiger partial charge in [0.1, 0.15) is 30.3 Å². The molecule has 1 aliphatic rings. The second kappa shape index (κ2) is 17.8. The number of hydrogen-bond donors (Lipinski definition) is 5. The number of likely N-dealkylation sites (tertiary alicyclic amines) is 1. The highest BCUT2D eigenvalue weighted by molar-refractivity contribution is 5.99. The van der Waals surface area contributed by atoms with Gasteiger partial charge in [-0.25, -0.2) is 0 Å². The fourth-order valence-electron chi connectivity index (χ4n) is 5.93. The summed E-state index contributed by atoms with van der Waals surface area (Å²) in [6, 6.07) is 3.66. The summed E-state index contributed by atoms with van der Waals surface area (Å²) in [5.41, 5.74) is 1.05. The van der Waals surface area contributed by atoms with Crippen molar-refractivity contribution in [2.45, 2.75) is 143 Å². The molecule has 1 aromatic rings. The number of nitrogens with one attached hydrogen (secondary N) is 4. The van der Waals surface area contributed by atoms with Crippen molar-refractivity contribution in [3.8, 4) is 0 Å². The molecule has 50 heavy (non-hydrogen) atoms. The summed E-state index contributed by atoms with van der Waals surface area (Å²) >= 11 is 0. The van der Waals surface area contributed by atoms with Crippen LogP contribution in [0.25, 0.3) is 0 Å². The van der Waals surface area contributed by atoms with Crippen LogP contribution in [-0.4, -0.2) is 92.4 Å². The monoisotopic (exact) mass is 702 g/mol. The Bertz CT molecular complexity index is 1350. The van der Waals surface area contributed by atoms with E-state index < -0.39 is 59.7 Å². The lowest BCUT2D eigenvalue weighted by Gasteiger charge is -2.45. The number of hydroxylamine groups is 2. The first-order valence-corrected chi connectivity index (χ1v) is 17.3. The van der Waals surface area contributed by atoms with Gasteiger partial charge in [-0.05, 0) is 98.8 Å². The molecular formula is C36H58N6O8. The normalized spacial score (nSPS) is 17.5. The van der Waals surface area contributed by atoms with Crippen molar-refractivity contribution < 1.29 is 38.7 Å². The Kier molecular flexibility index (Phi) is 15.0. The topological polar surface area (TPSA) is 186 Å². The van der Waals surface area contributed by atoms with E-state index in [0.717, 1.165) is 5.56 Å². The lowest BCUT2D eigenvalue weighted by atomic mass is 10.00. The third-order valence-corrected chi connectivity index (χ3v) is 8.28. The molecule has 14 nitrogen and oxygen atoms in total. The fourth-order valence-corrected chi connectivity index (χ4v) is 5.93. The van der Waals surface area contributed by atoms with Gasteiger partial charge in [0.15, 0.2) is 0 Å². The Morgan fingerprint density at radius 1 is 0.840 bits per heavy atom. The lowest BCUT2D eigenvalue weighted by Crippen LogP contribution is -2.57. The highest BCUT2D eigenvalue weighted by Crippen LogP contribution is 2.30. The zero-order chi connectivity index (χ0) is 38.1. The van der Waals surface area contributed by atoms with E-state index in [1.807, 2.05) is 38.0 Å². The average Bonchev–Trinajstić information content (AvgIpc) is 3.50. The number of nitrogens with zero attached hydrogens (tertiary/aromatic N) is 2. The first kappa shape index (κ1) is 42.1. The molecule has 0 radical (unpaired) electrons. The Balaban J connectivity index is 2.02. The van der Waals surface area contributed by atoms with Gasteiger partial charge in [0, 0.05) is 29.7 Å². The molecule has 1 saturated heterocycles. The number of carboxylic acid groups (broad SMARTS) is 1. The molecule has 1 aliphatic heterocycles. The largest absolute Gasteiger partial charge is 0.481 e. The number of benzene rings is 1. The summed E-state index contributed by atoms with van der Waals surface area (Å²) < 4.78 is 0. The van der Waals surface area contributed by atoms with E-state index in [2.05, 4.69) is 62.8 Å². The van der Waals surface area contributed by atoms with Crippen LogP contribution in [0.1, 0.15) is 114 Å². The predicted octanol–water partition coefficient (Wildman–Crippen LogP) is 3.52. The van der Waals surface area contributed by atoms with Gasteiger partial charge in [-0.15, -0.1) is 0 Å². The van der Waals surface area contributed by atoms with Crippen molar-refractivity contribution in [1.29, 1.82) is 0 Å². The van der Waals surface area contributed by atoms with Gasteiger partial charge in [-0.2, -0.15) is 5.06 Å². The Morgan fingerprint density at radius 2 is 1.42 bits per heavy atom. The summed E-state index contributed by atoms with van der Waals surface area (Å²) in [5, 5.41) is 21.4. The maximum absolute atomic E-state index is 13.5. The van der Waals surface area contributed by atoms with E-state index in [1.165, 1.54) is 18.7 Å². The van der Waals surface area contributed by atoms with Gasteiger partial charge >= 0.3 is 5.97 Å². The van der Waals surface area contributed by atoms with Crippen molar-refractivity contribution in [3.05, 3.63) is 29.8 Å². The maximum Gasteiger partial charge on any atom is 0.303 e. The minimum atomic E-state index is -1.13. The fraction of sp³-hybridized carbons (Fsp3) is 0.667. The van der Waals surface area contributed by atoms with Crippen LogP contribution in [0.15, 0.2) is 24.3 Å². The van der Waals surface area contributed by atoms with Crippen molar-refractivity contribution in [1.82, 2.24) is 25.9 Å². The van der Waals surface area contributed by atoms with Gasteiger partial charge in [-0.1, -0.05) is 26.0 Å². The van der Waals surface area contributed by atoms with Crippen LogP contribution >= 0.6 is 0 Å². The molecule has 0 aliphatic carbocycles. The number of rotatable bonds is 15. The predicted molar refractivity (Wildman–Crippen MR) is 189 cm³/mol. The van der Waals surface area contributed by atoms with Gasteiger partial charge < -0.3 is 31.3 Å². The average molecular weight is 703 g/mol. The van der Waals surface area contributed by atoms with E-state index in [-0.39, 0.29) is 35.9 Å². The molecule has 5 atom stereocenters. The molecule has 2 rings (SSSR count). The smallest absolute Gasteiger partial charge is 0.303 e. The summed E-state index contributed by atoms with van der Waals surface area (Å²) in [6.07, 6.45) is 0.0659. The van der Waals surface area contributed by atoms with Gasteiger partial charge in [0.25, 0.3) is 0 Å². The maximum atomic E-state index is 13.5. The number of hydrogen-bond acceptors (Lipinski definition) is 8. The molecule has 1 heterocycles. The standard InChI is InChI=1S/C36H58N6O8/c1-21(2)30(33(48)39-26-16-14-25(15-17-26)24(5)50-42(35(6,7)8)36(9,10)11)40-32(47)27-13-12-20-41(27)34(49)23(4)38-31(46)22(3)37-28(43)18-19-29(44)45/h14-17,21-24,27,30H,12-13,18-20H2,1-11H3,(H,37,43)(H,38,46)(H,39,48)(H,40,47)(H,44,45)/t22-,23-,24?,27-,30-/m0/s1. The van der Waals surface area contributed by atoms with E-state index in [4.69, 9.17) is 9.94 Å². The molecule has 5 N–H and O–H groups in total. The molecule has 1 unspecified atom stereocenters. The summed E-state index contributed by atoms with van der Waals surface area (Å²) in [4.78, 5) is 83.2. The highest BCUT2D eigenvalue weighted by Gasteiger charge is 2.39. The van der Waals surface area contributed by atoms with E-state index >= 15 is 0 Å². The van der Waals surface area contributed by atoms with Crippen LogP contribution in [0.4, 0.5) is 5.69 Å². The van der Waals surface area contributed by atoms with Gasteiger partial charge in [-0.3, -0.25) is 33.6 Å². The van der Waals surface area contributed by atoms with Crippen LogP contribution in [-0.2, 0) is 33.6 Å². The van der Waals surface area contributed by atoms with Crippen LogP contribution < -0.4 is 21.3 Å². The Labute approximate surface area is 296 Å². The second-order valence-corrected chi connectivity index (χ2v) is 15.3. The van der Waals surface area contributed by atoms with Crippen molar-refractivity contribution >= 4 is 41.2 Å². The third kappa shape index (κ3) is 12.4. The SMILES string of the molecule is CC(ON(C(C)(C)C)C(C)(C)C)c1ccc(NC(=O)[C@@H](NC(=O)[C@@H]2CCCN2C(=O)[C@H](C)NC(=O)[C@H](C)NC(=O)CCC(=O)O)C(C)C)cc1. The first-order chi connectivity index (χ1) is 23.0. The minimum absolute atomic E-state index is 0.223. The second-order valence-electron chi connectivity index (χ2n) is 15.3. The zero-order valence-corrected chi connectivity index (χ0v) is 31.5. The number of amides is 5. The molecule has 280 valence electrons. The molecular weight excluding hydrogens is 644 g/mol. The highest BCUT2D eigenvalue weighted by atomic mass is 16.7. The van der Waals surface area contributed by atoms with Crippen LogP contribution in [0.5, 0.6) is 0 Å². The molecule has 5 amide bonds. The summed E-state index contributed by atoms with van der Waals surface area (Å²) in [5.74, 6) is -3.96. The molecule has 1 aromatic carbocycles. The zero-order valence-electron chi connectivity index (χ0n) is 31.5. The van der Waals surface area contributed by atoms with Gasteiger partial charge in [0.05, 0.1) is 6.42 Å². The first-order valence-electron chi connectivity index (χ1n) is 17.3. The molecule has 14 heteroatoms. The summed E-state index contributed by atoms with van der Waals surface area (Å²) in [7, 11) is 0. The van der Waals surface area contributed by atoms with E-state index in [0.29, 0.717) is 25.1 Å². The lowest BCUT2D eigenvalue weighted by molar-refractivity contribution is -0.283. The van der Waals surface area contributed by atoms with Crippen molar-refractivity contribution in [2.75, 3.05) is 11.9 Å². The minimum Gasteiger partial charge on any atom is -0.481 e. The number of carbonyl (C=O) groups excluding carboxylic acids is 5. The third-order valence-electron chi connectivity index (χ3n) is 8.28. The van der Waals surface area contributed by atoms with E-state index in [9.17, 15) is 28.8 Å². The number of aliphatic carboxylic acids is 1. The molecule has 1 fully saturated rings. The molecule has 0 aromatic heterocycles. The van der Waals surface area contributed by atoms with Gasteiger partial charge in [0.2, 0.25) is 29.5 Å². The van der Waals surface area contributed by atoms with Crippen molar-refractivity contribution in [2.24, 2.45) is 5.92 Å². The molecule has 0 bridgehead atoms. The quantitative estimate of drug-likeness (QED) is 0.171. The number of carbonyl (C=O) groups is 6. The van der Waals surface area contributed by atoms with Crippen LogP contribution in [0.3, 0.4) is 0 Å².